The number of amides is 1. The molecular weight excluding hydrogens is 429 g/mol. The van der Waals surface area contributed by atoms with Crippen molar-refractivity contribution in [3.05, 3.63) is 71.3 Å². The molecule has 0 bridgehead atoms. The van der Waals surface area contributed by atoms with Gasteiger partial charge in [-0.25, -0.2) is 4.98 Å². The number of ether oxygens (including phenoxy) is 3. The lowest BCUT2D eigenvalue weighted by Gasteiger charge is -2.18. The van der Waals surface area contributed by atoms with E-state index in [2.05, 4.69) is 4.98 Å². The summed E-state index contributed by atoms with van der Waals surface area (Å²) in [7, 11) is 2.92. The molecule has 0 fully saturated rings. The largest absolute Gasteiger partial charge is 0.481 e. The highest BCUT2D eigenvalue weighted by molar-refractivity contribution is 6.07. The van der Waals surface area contributed by atoms with E-state index in [1.165, 1.54) is 31.4 Å². The first-order chi connectivity index (χ1) is 15.3. The monoisotopic (exact) mass is 448 g/mol. The maximum atomic E-state index is 13.5. The van der Waals surface area contributed by atoms with Gasteiger partial charge in [0.1, 0.15) is 11.5 Å². The van der Waals surface area contributed by atoms with Crippen molar-refractivity contribution in [3.8, 4) is 11.6 Å². The van der Waals surface area contributed by atoms with E-state index in [9.17, 15) is 18.0 Å². The Balaban J connectivity index is 1.73. The van der Waals surface area contributed by atoms with Crippen LogP contribution in [0, 0.1) is 0 Å². The Kier molecular flexibility index (Phi) is 5.79. The number of anilines is 1. The summed E-state index contributed by atoms with van der Waals surface area (Å²) in [4.78, 5) is 19.0. The van der Waals surface area contributed by atoms with Crippen molar-refractivity contribution in [1.82, 2.24) is 4.98 Å². The van der Waals surface area contributed by atoms with Gasteiger partial charge in [0.25, 0.3) is 0 Å². The molecule has 1 aromatic carbocycles. The number of para-hydroxylation sites is 1. The average molecular weight is 448 g/mol. The molecule has 0 saturated heterocycles. The van der Waals surface area contributed by atoms with Crippen LogP contribution in [-0.4, -0.2) is 31.9 Å². The lowest BCUT2D eigenvalue weighted by molar-refractivity contribution is -0.153. The number of fused-ring (bicyclic) bond motifs is 1. The molecule has 1 amide bonds. The van der Waals surface area contributed by atoms with Gasteiger partial charge in [-0.15, -0.1) is 0 Å². The van der Waals surface area contributed by atoms with Crippen molar-refractivity contribution < 1.29 is 36.6 Å². The van der Waals surface area contributed by atoms with Crippen LogP contribution < -0.4 is 14.4 Å². The molecule has 10 heteroatoms. The molecule has 0 spiro atoms. The maximum Gasteiger partial charge on any atom is 0.449 e. The van der Waals surface area contributed by atoms with Crippen LogP contribution in [0.15, 0.2) is 53.1 Å². The number of hydrogen-bond donors (Lipinski definition) is 0. The van der Waals surface area contributed by atoms with E-state index in [4.69, 9.17) is 18.6 Å². The van der Waals surface area contributed by atoms with Gasteiger partial charge in [0.2, 0.25) is 17.5 Å². The number of methoxy groups -OCH3 is 2. The number of nitrogens with zero attached hydrogens (tertiary/aromatic N) is 2. The van der Waals surface area contributed by atoms with Gasteiger partial charge in [0.15, 0.2) is 6.79 Å². The van der Waals surface area contributed by atoms with Gasteiger partial charge in [0.05, 0.1) is 25.8 Å². The first-order valence-electron chi connectivity index (χ1n) is 9.55. The molecule has 3 heterocycles. The summed E-state index contributed by atoms with van der Waals surface area (Å²) in [5.74, 6) is -1.59. The topological polar surface area (TPSA) is 74.0 Å². The fourth-order valence-corrected chi connectivity index (χ4v) is 3.64. The number of pyridine rings is 1. The Morgan fingerprint density at radius 2 is 1.91 bits per heavy atom. The molecule has 1 atom stereocenters. The van der Waals surface area contributed by atoms with Gasteiger partial charge < -0.3 is 23.5 Å². The molecule has 2 aromatic heterocycles. The number of halogens is 3. The summed E-state index contributed by atoms with van der Waals surface area (Å²) in [6, 6.07) is 10.7. The van der Waals surface area contributed by atoms with E-state index < -0.39 is 17.9 Å². The summed E-state index contributed by atoms with van der Waals surface area (Å²) >= 11 is 0. The molecule has 7 nitrogen and oxygen atoms in total. The Morgan fingerprint density at radius 1 is 1.12 bits per heavy atom. The third-order valence-corrected chi connectivity index (χ3v) is 5.03. The van der Waals surface area contributed by atoms with Crippen LogP contribution in [0.2, 0.25) is 0 Å². The fraction of sp³-hybridized carbons (Fsp3) is 0.273. The lowest BCUT2D eigenvalue weighted by atomic mass is 9.92. The number of alkyl halides is 3. The number of furan rings is 1. The van der Waals surface area contributed by atoms with Crippen molar-refractivity contribution in [2.45, 2.75) is 18.6 Å². The van der Waals surface area contributed by atoms with Crippen LogP contribution in [0.25, 0.3) is 0 Å². The molecule has 1 aliphatic rings. The highest BCUT2D eigenvalue weighted by Crippen LogP contribution is 2.45. The Bertz CT molecular complexity index is 1130. The Morgan fingerprint density at radius 3 is 2.59 bits per heavy atom. The molecule has 0 aliphatic carbocycles. The molecule has 0 radical (unpaired) electrons. The van der Waals surface area contributed by atoms with Gasteiger partial charge in [-0.2, -0.15) is 13.2 Å². The highest BCUT2D eigenvalue weighted by Gasteiger charge is 2.41. The van der Waals surface area contributed by atoms with Gasteiger partial charge in [-0.1, -0.05) is 18.2 Å². The lowest BCUT2D eigenvalue weighted by Crippen LogP contribution is -2.28. The van der Waals surface area contributed by atoms with Crippen LogP contribution in [0.5, 0.6) is 11.6 Å². The van der Waals surface area contributed by atoms with E-state index in [-0.39, 0.29) is 30.9 Å². The SMILES string of the molecule is COCOc1cnc(OC)cc1C1C(=O)N(Cc2ccc(C(F)(F)F)o2)c2ccccc21. The van der Waals surface area contributed by atoms with Crippen LogP contribution >= 0.6 is 0 Å². The van der Waals surface area contributed by atoms with E-state index in [1.54, 1.807) is 30.3 Å². The minimum Gasteiger partial charge on any atom is -0.481 e. The summed E-state index contributed by atoms with van der Waals surface area (Å²) < 4.78 is 59.5. The third-order valence-electron chi connectivity index (χ3n) is 5.03. The summed E-state index contributed by atoms with van der Waals surface area (Å²) in [6.45, 7) is -0.210. The van der Waals surface area contributed by atoms with Gasteiger partial charge in [-0.05, 0) is 23.8 Å². The number of benzene rings is 1. The van der Waals surface area contributed by atoms with Crippen molar-refractivity contribution in [3.63, 3.8) is 0 Å². The van der Waals surface area contributed by atoms with Crippen molar-refractivity contribution in [2.24, 2.45) is 0 Å². The second kappa shape index (κ2) is 8.54. The minimum absolute atomic E-state index is 0.0179. The minimum atomic E-state index is -4.60. The van der Waals surface area contributed by atoms with Crippen LogP contribution in [0.1, 0.15) is 28.6 Å². The van der Waals surface area contributed by atoms with E-state index in [0.717, 1.165) is 6.07 Å². The van der Waals surface area contributed by atoms with Crippen molar-refractivity contribution in [2.75, 3.05) is 25.9 Å². The number of rotatable bonds is 7. The predicted molar refractivity (Wildman–Crippen MR) is 106 cm³/mol. The van der Waals surface area contributed by atoms with Crippen molar-refractivity contribution >= 4 is 11.6 Å². The predicted octanol–water partition coefficient (Wildman–Crippen LogP) is 4.36. The summed E-state index contributed by atoms with van der Waals surface area (Å²) in [5, 5.41) is 0. The van der Waals surface area contributed by atoms with E-state index in [0.29, 0.717) is 22.6 Å². The van der Waals surface area contributed by atoms with E-state index in [1.807, 2.05) is 0 Å². The second-order valence-electron chi connectivity index (χ2n) is 7.00. The molecular formula is C22H19F3N2O5. The zero-order valence-corrected chi connectivity index (χ0v) is 17.2. The molecule has 1 unspecified atom stereocenters. The number of aromatic nitrogens is 1. The quantitative estimate of drug-likeness (QED) is 0.500. The van der Waals surface area contributed by atoms with Gasteiger partial charge in [0, 0.05) is 24.4 Å². The zero-order valence-electron chi connectivity index (χ0n) is 17.2. The molecule has 1 aliphatic heterocycles. The fourth-order valence-electron chi connectivity index (χ4n) is 3.64. The first-order valence-corrected chi connectivity index (χ1v) is 9.55. The van der Waals surface area contributed by atoms with Crippen LogP contribution in [0.3, 0.4) is 0 Å². The third kappa shape index (κ3) is 4.01. The van der Waals surface area contributed by atoms with Gasteiger partial charge in [-0.3, -0.25) is 4.79 Å². The van der Waals surface area contributed by atoms with Crippen molar-refractivity contribution in [1.29, 1.82) is 0 Å². The molecule has 32 heavy (non-hydrogen) atoms. The normalized spacial score (nSPS) is 15.7. The van der Waals surface area contributed by atoms with Gasteiger partial charge >= 0.3 is 6.18 Å². The molecule has 0 saturated carbocycles. The zero-order chi connectivity index (χ0) is 22.9. The molecule has 168 valence electrons. The number of carbonyl (C=O) groups is 1. The van der Waals surface area contributed by atoms with Crippen LogP contribution in [-0.2, 0) is 22.3 Å². The second-order valence-corrected chi connectivity index (χ2v) is 7.00. The van der Waals surface area contributed by atoms with E-state index >= 15 is 0 Å². The maximum absolute atomic E-state index is 13.5. The average Bonchev–Trinajstić information content (AvgIpc) is 3.36. The number of carbonyl (C=O) groups excluding carboxylic acids is 1. The highest BCUT2D eigenvalue weighted by atomic mass is 19.4. The van der Waals surface area contributed by atoms with Crippen LogP contribution in [0.4, 0.5) is 18.9 Å². The molecule has 4 rings (SSSR count). The summed E-state index contributed by atoms with van der Waals surface area (Å²) in [6.07, 6.45) is -3.16. The molecule has 0 N–H and O–H groups in total. The first kappa shape index (κ1) is 21.7. The standard InChI is InChI=1S/C22H19F3N2O5/c1-29-12-31-17-10-26-19(30-2)9-15(17)20-14-5-3-4-6-16(14)27(21(20)28)11-13-7-8-18(32-13)22(23,24)25/h3-10,20H,11-12H2,1-2H3. The smallest absolute Gasteiger partial charge is 0.449 e. The summed E-state index contributed by atoms with van der Waals surface area (Å²) in [5.41, 5.74) is 1.75. The molecule has 3 aromatic rings. The number of hydrogen-bond acceptors (Lipinski definition) is 6. The Labute approximate surface area is 181 Å². The Hall–Kier alpha value is -3.53.